The zero-order valence-electron chi connectivity index (χ0n) is 18.5. The molecule has 34 heavy (non-hydrogen) atoms. The lowest BCUT2D eigenvalue weighted by atomic mass is 9.83. The van der Waals surface area contributed by atoms with E-state index in [1.54, 1.807) is 12.1 Å². The van der Waals surface area contributed by atoms with Crippen LogP contribution < -0.4 is 20.7 Å². The molecule has 1 atom stereocenters. The quantitative estimate of drug-likeness (QED) is 0.356. The van der Waals surface area contributed by atoms with Gasteiger partial charge in [0.05, 0.1) is 24.7 Å². The van der Waals surface area contributed by atoms with Crippen LogP contribution in [0.5, 0.6) is 17.4 Å². The molecule has 0 radical (unpaired) electrons. The van der Waals surface area contributed by atoms with Gasteiger partial charge in [0.1, 0.15) is 0 Å². The molecule has 0 saturated carbocycles. The zero-order valence-corrected chi connectivity index (χ0v) is 18.5. The van der Waals surface area contributed by atoms with Gasteiger partial charge in [0, 0.05) is 41.8 Å². The molecule has 1 aromatic heterocycles. The number of aromatic hydroxyl groups is 1. The Labute approximate surface area is 192 Å². The summed E-state index contributed by atoms with van der Waals surface area (Å²) in [6.45, 7) is 0.468. The number of H-pyrrole nitrogens is 2. The van der Waals surface area contributed by atoms with E-state index in [2.05, 4.69) is 15.0 Å². The van der Waals surface area contributed by atoms with Gasteiger partial charge >= 0.3 is 5.69 Å². The van der Waals surface area contributed by atoms with Crippen LogP contribution in [0.3, 0.4) is 0 Å². The second kappa shape index (κ2) is 9.22. The molecule has 3 aromatic rings. The van der Waals surface area contributed by atoms with Crippen LogP contribution in [-0.2, 0) is 6.42 Å². The first-order valence-corrected chi connectivity index (χ1v) is 10.4. The minimum absolute atomic E-state index is 0.0516. The summed E-state index contributed by atoms with van der Waals surface area (Å²) in [6, 6.07) is 9.60. The number of nitro groups is 1. The predicted octanol–water partition coefficient (Wildman–Crippen LogP) is 2.26. The third-order valence-electron chi connectivity index (χ3n) is 5.82. The number of nitrogens with one attached hydrogen (secondary N) is 2. The van der Waals surface area contributed by atoms with Crippen molar-refractivity contribution in [2.24, 2.45) is 4.99 Å². The zero-order chi connectivity index (χ0) is 24.4. The van der Waals surface area contributed by atoms with E-state index in [1.807, 2.05) is 6.07 Å². The number of methoxy groups -OCH3 is 2. The predicted molar refractivity (Wildman–Crippen MR) is 124 cm³/mol. The van der Waals surface area contributed by atoms with Crippen LogP contribution in [0.2, 0.25) is 0 Å². The van der Waals surface area contributed by atoms with Crippen LogP contribution in [0.1, 0.15) is 34.6 Å². The number of para-hydroxylation sites is 1. The smallest absolute Gasteiger partial charge is 0.328 e. The van der Waals surface area contributed by atoms with Gasteiger partial charge in [-0.3, -0.25) is 29.9 Å². The van der Waals surface area contributed by atoms with E-state index >= 15 is 0 Å². The first-order valence-electron chi connectivity index (χ1n) is 10.4. The number of benzene rings is 2. The Morgan fingerprint density at radius 2 is 1.85 bits per heavy atom. The average molecular weight is 466 g/mol. The Morgan fingerprint density at radius 3 is 2.53 bits per heavy atom. The minimum Gasteiger partial charge on any atom is -0.494 e. The highest BCUT2D eigenvalue weighted by molar-refractivity contribution is 6.04. The van der Waals surface area contributed by atoms with Crippen LogP contribution in [0.15, 0.2) is 51.0 Å². The van der Waals surface area contributed by atoms with Crippen molar-refractivity contribution in [1.82, 2.24) is 9.97 Å². The summed E-state index contributed by atoms with van der Waals surface area (Å²) < 4.78 is 10.8. The lowest BCUT2D eigenvalue weighted by molar-refractivity contribution is -0.385. The highest BCUT2D eigenvalue weighted by Crippen LogP contribution is 2.39. The average Bonchev–Trinajstić information content (AvgIpc) is 2.82. The fourth-order valence-electron chi connectivity index (χ4n) is 4.28. The molecule has 2 aromatic carbocycles. The van der Waals surface area contributed by atoms with E-state index in [9.17, 15) is 24.8 Å². The highest BCUT2D eigenvalue weighted by Gasteiger charge is 2.31. The number of rotatable bonds is 7. The van der Waals surface area contributed by atoms with Gasteiger partial charge in [0.25, 0.3) is 11.2 Å². The number of hydrogen-bond donors (Lipinski definition) is 3. The monoisotopic (exact) mass is 466 g/mol. The minimum atomic E-state index is -0.972. The first kappa shape index (κ1) is 22.8. The molecule has 0 fully saturated rings. The fourth-order valence-corrected chi connectivity index (χ4v) is 4.28. The number of aromatic nitrogens is 2. The molecule has 11 heteroatoms. The van der Waals surface area contributed by atoms with Gasteiger partial charge in [0.15, 0.2) is 11.5 Å². The summed E-state index contributed by atoms with van der Waals surface area (Å²) in [4.78, 5) is 44.5. The summed E-state index contributed by atoms with van der Waals surface area (Å²) in [6.07, 6.45) is 0.704. The Hall–Kier alpha value is -4.41. The van der Waals surface area contributed by atoms with Crippen molar-refractivity contribution >= 4 is 11.4 Å². The van der Waals surface area contributed by atoms with Crippen LogP contribution in [-0.4, -0.2) is 46.5 Å². The number of aromatic amines is 2. The molecule has 0 saturated heterocycles. The maximum absolute atomic E-state index is 12.7. The maximum Gasteiger partial charge on any atom is 0.328 e. The molecule has 3 N–H and O–H groups in total. The summed E-state index contributed by atoms with van der Waals surface area (Å²) in [5, 5.41) is 22.3. The van der Waals surface area contributed by atoms with E-state index in [0.717, 1.165) is 11.1 Å². The number of fused-ring (bicyclic) bond motifs is 1. The van der Waals surface area contributed by atoms with Gasteiger partial charge in [-0.1, -0.05) is 18.2 Å². The maximum atomic E-state index is 12.7. The van der Waals surface area contributed by atoms with Gasteiger partial charge in [-0.15, -0.1) is 0 Å². The molecule has 0 aliphatic carbocycles. The van der Waals surface area contributed by atoms with E-state index in [-0.39, 0.29) is 23.2 Å². The van der Waals surface area contributed by atoms with E-state index in [0.29, 0.717) is 30.2 Å². The van der Waals surface area contributed by atoms with Crippen molar-refractivity contribution in [3.8, 4) is 17.4 Å². The molecule has 176 valence electrons. The number of ether oxygens (including phenoxy) is 2. The Balaban J connectivity index is 1.90. The van der Waals surface area contributed by atoms with Gasteiger partial charge in [0.2, 0.25) is 5.88 Å². The number of aliphatic imine (C=N–C) groups is 1. The molecular formula is C23H22N4O7. The van der Waals surface area contributed by atoms with Crippen LogP contribution >= 0.6 is 0 Å². The third kappa shape index (κ3) is 4.15. The number of nitro benzene ring substituents is 1. The molecule has 11 nitrogen and oxygen atoms in total. The largest absolute Gasteiger partial charge is 0.494 e. The van der Waals surface area contributed by atoms with Crippen LogP contribution in [0.25, 0.3) is 0 Å². The van der Waals surface area contributed by atoms with Gasteiger partial charge in [-0.25, -0.2) is 4.79 Å². The lowest BCUT2D eigenvalue weighted by Gasteiger charge is -2.23. The number of hydrogen-bond acceptors (Lipinski definition) is 8. The normalized spacial score (nSPS) is 13.5. The summed E-state index contributed by atoms with van der Waals surface area (Å²) in [5.74, 6) is -0.573. The second-order valence-electron chi connectivity index (χ2n) is 7.69. The van der Waals surface area contributed by atoms with Gasteiger partial charge < -0.3 is 14.6 Å². The van der Waals surface area contributed by atoms with Gasteiger partial charge in [-0.05, 0) is 24.1 Å². The topological polar surface area (TPSA) is 160 Å². The Morgan fingerprint density at radius 1 is 1.15 bits per heavy atom. The van der Waals surface area contributed by atoms with Crippen molar-refractivity contribution in [2.75, 3.05) is 20.8 Å². The Kier molecular flexibility index (Phi) is 6.17. The fraction of sp³-hybridized carbons (Fsp3) is 0.261. The molecule has 0 spiro atoms. The molecule has 0 unspecified atom stereocenters. The summed E-state index contributed by atoms with van der Waals surface area (Å²) >= 11 is 0. The van der Waals surface area contributed by atoms with Crippen LogP contribution in [0.4, 0.5) is 5.69 Å². The summed E-state index contributed by atoms with van der Waals surface area (Å²) in [7, 11) is 3.05. The van der Waals surface area contributed by atoms with E-state index in [4.69, 9.17) is 9.47 Å². The molecule has 0 amide bonds. The first-order chi connectivity index (χ1) is 16.3. The Bertz CT molecular complexity index is 1410. The number of nitrogens with zero attached hydrogens (tertiary/aromatic N) is 2. The molecule has 0 bridgehead atoms. The van der Waals surface area contributed by atoms with Crippen molar-refractivity contribution < 1.29 is 19.5 Å². The lowest BCUT2D eigenvalue weighted by Crippen LogP contribution is -2.28. The summed E-state index contributed by atoms with van der Waals surface area (Å²) in [5.41, 5.74) is 0.353. The highest BCUT2D eigenvalue weighted by atomic mass is 16.6. The molecule has 4 rings (SSSR count). The van der Waals surface area contributed by atoms with E-state index in [1.165, 1.54) is 32.4 Å². The van der Waals surface area contributed by atoms with Crippen molar-refractivity contribution in [3.63, 3.8) is 0 Å². The second-order valence-corrected chi connectivity index (χ2v) is 7.69. The van der Waals surface area contributed by atoms with Crippen molar-refractivity contribution in [1.29, 1.82) is 0 Å². The molecule has 1 aliphatic heterocycles. The molecular weight excluding hydrogens is 444 g/mol. The van der Waals surface area contributed by atoms with Gasteiger partial charge in [-0.2, -0.15) is 0 Å². The van der Waals surface area contributed by atoms with E-state index < -0.39 is 28.0 Å². The standard InChI is InChI=1S/C23H22N4O7/c1-33-18-9-12-7-8-24-16(14(12)11-19(18)34-2)10-15(13-5-3-4-6-17(13)27(31)32)20-21(28)25-23(30)26-22(20)29/h3-6,9,11,15H,7-8,10H2,1-2H3,(H3,25,26,28,29,30)/t15-/m0/s1. The van der Waals surface area contributed by atoms with Crippen molar-refractivity contribution in [3.05, 3.63) is 89.6 Å². The van der Waals surface area contributed by atoms with Crippen LogP contribution in [0, 0.1) is 10.1 Å². The third-order valence-corrected chi connectivity index (χ3v) is 5.82. The molecule has 1 aliphatic rings. The van der Waals surface area contributed by atoms with Crippen molar-refractivity contribution in [2.45, 2.75) is 18.8 Å². The SMILES string of the molecule is COc1cc2c(cc1OC)C(C[C@@H](c1ccccc1[N+](=O)[O-])c1c(O)[nH]c(=O)[nH]c1=O)=NCC2. The molecule has 2 heterocycles.